The first-order chi connectivity index (χ1) is 14.0. The molecule has 0 radical (unpaired) electrons. The first-order valence-corrected chi connectivity index (χ1v) is 8.97. The second-order valence-electron chi connectivity index (χ2n) is 6.21. The maximum absolute atomic E-state index is 12.7. The van der Waals surface area contributed by atoms with Gasteiger partial charge in [-0.2, -0.15) is 10.4 Å². The Morgan fingerprint density at radius 2 is 1.83 bits per heavy atom. The van der Waals surface area contributed by atoms with Gasteiger partial charge in [-0.15, -0.1) is 0 Å². The molecule has 0 aliphatic rings. The molecule has 1 N–H and O–H groups in total. The Morgan fingerprint density at radius 1 is 1.17 bits per heavy atom. The predicted octanol–water partition coefficient (Wildman–Crippen LogP) is 2.47. The summed E-state index contributed by atoms with van der Waals surface area (Å²) >= 11 is 0. The summed E-state index contributed by atoms with van der Waals surface area (Å²) in [5.74, 6) is -1.41. The van der Waals surface area contributed by atoms with Gasteiger partial charge in [0.25, 0.3) is 11.5 Å². The highest BCUT2D eigenvalue weighted by Gasteiger charge is 2.23. The number of para-hydroxylation sites is 1. The molecule has 146 valence electrons. The Kier molecular flexibility index (Phi) is 5.69. The topological polar surface area (TPSA) is 114 Å². The number of anilines is 1. The van der Waals surface area contributed by atoms with Crippen LogP contribution in [0.5, 0.6) is 0 Å². The SMILES string of the molecule is CCn1nc(C(=O)O[C@@H](C)C(=O)Nc2ccccc2C#N)c2ccccc2c1=O. The van der Waals surface area contributed by atoms with E-state index in [0.717, 1.165) is 0 Å². The number of benzene rings is 2. The molecule has 1 amide bonds. The molecule has 1 aromatic heterocycles. The lowest BCUT2D eigenvalue weighted by molar-refractivity contribution is -0.123. The summed E-state index contributed by atoms with van der Waals surface area (Å²) in [6, 6.07) is 15.1. The maximum Gasteiger partial charge on any atom is 0.360 e. The Hall–Kier alpha value is -3.99. The second-order valence-corrected chi connectivity index (χ2v) is 6.21. The molecular formula is C21H18N4O4. The number of ether oxygens (including phenoxy) is 1. The van der Waals surface area contributed by atoms with Gasteiger partial charge in [0.15, 0.2) is 11.8 Å². The third kappa shape index (κ3) is 3.99. The first-order valence-electron chi connectivity index (χ1n) is 8.97. The molecule has 0 spiro atoms. The molecule has 8 nitrogen and oxygen atoms in total. The molecule has 0 saturated carbocycles. The monoisotopic (exact) mass is 390 g/mol. The number of aromatic nitrogens is 2. The third-order valence-corrected chi connectivity index (χ3v) is 4.32. The van der Waals surface area contributed by atoms with Crippen molar-refractivity contribution in [3.8, 4) is 6.07 Å². The van der Waals surface area contributed by atoms with Gasteiger partial charge in [0.05, 0.1) is 16.6 Å². The van der Waals surface area contributed by atoms with E-state index in [1.165, 1.54) is 11.6 Å². The number of esters is 1. The molecule has 3 aromatic rings. The summed E-state index contributed by atoms with van der Waals surface area (Å²) in [5.41, 5.74) is 0.269. The molecule has 0 unspecified atom stereocenters. The van der Waals surface area contributed by atoms with Crippen LogP contribution in [-0.4, -0.2) is 27.8 Å². The van der Waals surface area contributed by atoms with Crippen LogP contribution in [0.2, 0.25) is 0 Å². The minimum atomic E-state index is -1.14. The van der Waals surface area contributed by atoms with E-state index >= 15 is 0 Å². The minimum absolute atomic E-state index is 0.0425. The van der Waals surface area contributed by atoms with Gasteiger partial charge in [-0.1, -0.05) is 30.3 Å². The first kappa shape index (κ1) is 19.8. The highest BCUT2D eigenvalue weighted by Crippen LogP contribution is 2.17. The summed E-state index contributed by atoms with van der Waals surface area (Å²) in [5, 5.41) is 16.5. The van der Waals surface area contributed by atoms with Crippen molar-refractivity contribution < 1.29 is 14.3 Å². The maximum atomic E-state index is 12.7. The molecule has 1 heterocycles. The normalized spacial score (nSPS) is 11.5. The van der Waals surface area contributed by atoms with Gasteiger partial charge in [0, 0.05) is 11.9 Å². The van der Waals surface area contributed by atoms with Crippen LogP contribution in [-0.2, 0) is 16.1 Å². The van der Waals surface area contributed by atoms with Gasteiger partial charge < -0.3 is 10.1 Å². The van der Waals surface area contributed by atoms with Crippen molar-refractivity contribution in [2.75, 3.05) is 5.32 Å². The van der Waals surface area contributed by atoms with Gasteiger partial charge in [0.1, 0.15) is 6.07 Å². The van der Waals surface area contributed by atoms with E-state index in [-0.39, 0.29) is 17.8 Å². The lowest BCUT2D eigenvalue weighted by atomic mass is 10.1. The standard InChI is InChI=1S/C21H18N4O4/c1-3-25-20(27)16-10-6-5-9-15(16)18(24-25)21(28)29-13(2)19(26)23-17-11-7-4-8-14(17)12-22/h4-11,13H,3H2,1-2H3,(H,23,26)/t13-/m0/s1. The van der Waals surface area contributed by atoms with Crippen LogP contribution in [0.3, 0.4) is 0 Å². The van der Waals surface area contributed by atoms with Crippen LogP contribution in [0.4, 0.5) is 5.69 Å². The zero-order valence-corrected chi connectivity index (χ0v) is 15.9. The molecule has 1 atom stereocenters. The zero-order chi connectivity index (χ0) is 21.0. The molecule has 0 bridgehead atoms. The third-order valence-electron chi connectivity index (χ3n) is 4.32. The number of carbonyl (C=O) groups excluding carboxylic acids is 2. The van der Waals surface area contributed by atoms with Crippen molar-refractivity contribution in [3.63, 3.8) is 0 Å². The minimum Gasteiger partial charge on any atom is -0.448 e. The number of amides is 1. The van der Waals surface area contributed by atoms with Gasteiger partial charge in [0.2, 0.25) is 0 Å². The second kappa shape index (κ2) is 8.35. The van der Waals surface area contributed by atoms with Crippen LogP contribution in [0, 0.1) is 11.3 Å². The number of carbonyl (C=O) groups is 2. The average Bonchev–Trinajstić information content (AvgIpc) is 2.74. The van der Waals surface area contributed by atoms with Crippen LogP contribution in [0.25, 0.3) is 10.8 Å². The lowest BCUT2D eigenvalue weighted by Crippen LogP contribution is -2.32. The summed E-state index contributed by atoms with van der Waals surface area (Å²) in [4.78, 5) is 37.5. The largest absolute Gasteiger partial charge is 0.448 e. The van der Waals surface area contributed by atoms with Gasteiger partial charge in [-0.25, -0.2) is 9.48 Å². The molecule has 0 aliphatic heterocycles. The summed E-state index contributed by atoms with van der Waals surface area (Å²) in [6.07, 6.45) is -1.14. The van der Waals surface area contributed by atoms with Crippen molar-refractivity contribution >= 4 is 28.3 Å². The number of nitrogens with one attached hydrogen (secondary N) is 1. The van der Waals surface area contributed by atoms with Crippen molar-refractivity contribution in [2.45, 2.75) is 26.5 Å². The van der Waals surface area contributed by atoms with E-state index in [1.807, 2.05) is 6.07 Å². The molecule has 3 rings (SSSR count). The Morgan fingerprint density at radius 3 is 2.52 bits per heavy atom. The molecule has 0 aliphatic carbocycles. The van der Waals surface area contributed by atoms with E-state index in [1.54, 1.807) is 55.5 Å². The quantitative estimate of drug-likeness (QED) is 0.670. The van der Waals surface area contributed by atoms with Gasteiger partial charge in [-0.05, 0) is 32.0 Å². The predicted molar refractivity (Wildman–Crippen MR) is 106 cm³/mol. The molecule has 0 saturated heterocycles. The smallest absolute Gasteiger partial charge is 0.360 e. The van der Waals surface area contributed by atoms with E-state index < -0.39 is 18.0 Å². The van der Waals surface area contributed by atoms with E-state index in [2.05, 4.69) is 10.4 Å². The number of nitriles is 1. The molecule has 0 fully saturated rings. The summed E-state index contributed by atoms with van der Waals surface area (Å²) in [7, 11) is 0. The number of fused-ring (bicyclic) bond motifs is 1. The fourth-order valence-electron chi connectivity index (χ4n) is 2.79. The van der Waals surface area contributed by atoms with Crippen molar-refractivity contribution in [3.05, 3.63) is 70.1 Å². The lowest BCUT2D eigenvalue weighted by Gasteiger charge is -2.15. The van der Waals surface area contributed by atoms with Crippen molar-refractivity contribution in [1.29, 1.82) is 5.26 Å². The Labute approximate surface area is 166 Å². The summed E-state index contributed by atoms with van der Waals surface area (Å²) in [6.45, 7) is 3.44. The van der Waals surface area contributed by atoms with Gasteiger partial charge in [-0.3, -0.25) is 9.59 Å². The van der Waals surface area contributed by atoms with E-state index in [0.29, 0.717) is 22.0 Å². The fraction of sp³-hybridized carbons (Fsp3) is 0.190. The Bertz CT molecular complexity index is 1190. The van der Waals surface area contributed by atoms with Crippen LogP contribution >= 0.6 is 0 Å². The number of rotatable bonds is 5. The van der Waals surface area contributed by atoms with Crippen molar-refractivity contribution in [1.82, 2.24) is 9.78 Å². The van der Waals surface area contributed by atoms with E-state index in [4.69, 9.17) is 10.00 Å². The molecule has 8 heteroatoms. The van der Waals surface area contributed by atoms with Crippen LogP contribution in [0.1, 0.15) is 29.9 Å². The van der Waals surface area contributed by atoms with E-state index in [9.17, 15) is 14.4 Å². The highest BCUT2D eigenvalue weighted by molar-refractivity contribution is 6.03. The van der Waals surface area contributed by atoms with Crippen LogP contribution < -0.4 is 10.9 Å². The van der Waals surface area contributed by atoms with Crippen molar-refractivity contribution in [2.24, 2.45) is 0 Å². The highest BCUT2D eigenvalue weighted by atomic mass is 16.5. The molecule has 29 heavy (non-hydrogen) atoms. The number of hydrogen-bond donors (Lipinski definition) is 1. The number of nitrogens with zero attached hydrogens (tertiary/aromatic N) is 3. The fourth-order valence-corrected chi connectivity index (χ4v) is 2.79. The molecule has 2 aromatic carbocycles. The summed E-state index contributed by atoms with van der Waals surface area (Å²) < 4.78 is 6.45. The molecular weight excluding hydrogens is 372 g/mol. The van der Waals surface area contributed by atoms with Gasteiger partial charge >= 0.3 is 5.97 Å². The number of aryl methyl sites for hydroxylation is 1. The number of hydrogen-bond acceptors (Lipinski definition) is 6. The zero-order valence-electron chi connectivity index (χ0n) is 15.9. The van der Waals surface area contributed by atoms with Crippen LogP contribution in [0.15, 0.2) is 53.3 Å². The Balaban J connectivity index is 1.85. The average molecular weight is 390 g/mol.